The zero-order valence-electron chi connectivity index (χ0n) is 11.6. The van der Waals surface area contributed by atoms with Gasteiger partial charge in [-0.25, -0.2) is 0 Å². The molecule has 0 aliphatic heterocycles. The molecule has 0 radical (unpaired) electrons. The molecule has 3 nitrogen and oxygen atoms in total. The van der Waals surface area contributed by atoms with E-state index in [0.29, 0.717) is 12.1 Å². The summed E-state index contributed by atoms with van der Waals surface area (Å²) >= 11 is 0. The van der Waals surface area contributed by atoms with Crippen molar-refractivity contribution in [2.45, 2.75) is 26.4 Å². The average Bonchev–Trinajstić information content (AvgIpc) is 2.47. The zero-order chi connectivity index (χ0) is 14.4. The van der Waals surface area contributed by atoms with Crippen molar-refractivity contribution in [1.82, 2.24) is 0 Å². The maximum atomic E-state index is 9.02. The summed E-state index contributed by atoms with van der Waals surface area (Å²) in [5.74, 6) is 0.844. The van der Waals surface area contributed by atoms with E-state index >= 15 is 0 Å². The van der Waals surface area contributed by atoms with Crippen LogP contribution in [-0.4, -0.2) is 17.2 Å². The molecule has 2 aromatic carbocycles. The first-order valence-corrected chi connectivity index (χ1v) is 6.85. The van der Waals surface area contributed by atoms with Crippen molar-refractivity contribution in [1.29, 1.82) is 0 Å². The largest absolute Gasteiger partial charge is 0.489 e. The summed E-state index contributed by atoms with van der Waals surface area (Å²) in [5, 5.41) is 18.0. The minimum atomic E-state index is -1.42. The van der Waals surface area contributed by atoms with Crippen LogP contribution in [0.2, 0.25) is 0 Å². The Labute approximate surface area is 120 Å². The Morgan fingerprint density at radius 3 is 2.05 bits per heavy atom. The SMILES string of the molecule is CCCc1ccc(OCc2ccc(B(O)O)cc2)cc1. The summed E-state index contributed by atoms with van der Waals surface area (Å²) in [7, 11) is -1.42. The van der Waals surface area contributed by atoms with Gasteiger partial charge in [-0.15, -0.1) is 0 Å². The third kappa shape index (κ3) is 4.12. The number of aryl methyl sites for hydroxylation is 1. The Morgan fingerprint density at radius 1 is 0.900 bits per heavy atom. The van der Waals surface area contributed by atoms with Crippen molar-refractivity contribution in [2.24, 2.45) is 0 Å². The molecule has 0 heterocycles. The van der Waals surface area contributed by atoms with Gasteiger partial charge in [-0.3, -0.25) is 0 Å². The minimum absolute atomic E-state index is 0.467. The van der Waals surface area contributed by atoms with E-state index in [1.54, 1.807) is 12.1 Å². The topological polar surface area (TPSA) is 49.7 Å². The molecule has 0 spiro atoms. The van der Waals surface area contributed by atoms with Gasteiger partial charge in [0, 0.05) is 0 Å². The van der Waals surface area contributed by atoms with E-state index in [1.807, 2.05) is 24.3 Å². The Bertz CT molecular complexity index is 520. The van der Waals surface area contributed by atoms with Gasteiger partial charge in [0.15, 0.2) is 0 Å². The van der Waals surface area contributed by atoms with Crippen LogP contribution in [0.5, 0.6) is 5.75 Å². The summed E-state index contributed by atoms with van der Waals surface area (Å²) in [6, 6.07) is 15.2. The lowest BCUT2D eigenvalue weighted by Crippen LogP contribution is -2.29. The van der Waals surface area contributed by atoms with Crippen LogP contribution in [0.4, 0.5) is 0 Å². The third-order valence-electron chi connectivity index (χ3n) is 3.15. The second-order valence-corrected chi connectivity index (χ2v) is 4.80. The maximum Gasteiger partial charge on any atom is 0.488 e. The predicted octanol–water partition coefficient (Wildman–Crippen LogP) is 1.90. The summed E-state index contributed by atoms with van der Waals surface area (Å²) in [4.78, 5) is 0. The van der Waals surface area contributed by atoms with Crippen molar-refractivity contribution in [2.75, 3.05) is 0 Å². The fraction of sp³-hybridized carbons (Fsp3) is 0.250. The number of hydrogen-bond acceptors (Lipinski definition) is 3. The van der Waals surface area contributed by atoms with Gasteiger partial charge in [0.2, 0.25) is 0 Å². The highest BCUT2D eigenvalue weighted by Crippen LogP contribution is 2.15. The molecule has 104 valence electrons. The molecule has 2 aromatic rings. The van der Waals surface area contributed by atoms with Crippen LogP contribution in [0.3, 0.4) is 0 Å². The van der Waals surface area contributed by atoms with E-state index in [4.69, 9.17) is 14.8 Å². The standard InChI is InChI=1S/C16H19BO3/c1-2-3-13-6-10-16(11-7-13)20-12-14-4-8-15(9-5-14)17(18)19/h4-11,18-19H,2-3,12H2,1H3. The average molecular weight is 270 g/mol. The molecule has 20 heavy (non-hydrogen) atoms. The van der Waals surface area contributed by atoms with Crippen molar-refractivity contribution in [3.05, 3.63) is 59.7 Å². The second-order valence-electron chi connectivity index (χ2n) is 4.80. The zero-order valence-corrected chi connectivity index (χ0v) is 11.6. The molecule has 0 bridgehead atoms. The lowest BCUT2D eigenvalue weighted by Gasteiger charge is -2.08. The van der Waals surface area contributed by atoms with E-state index in [0.717, 1.165) is 24.2 Å². The molecule has 2 N–H and O–H groups in total. The monoisotopic (exact) mass is 270 g/mol. The summed E-state index contributed by atoms with van der Waals surface area (Å²) < 4.78 is 5.70. The van der Waals surface area contributed by atoms with Gasteiger partial charge < -0.3 is 14.8 Å². The smallest absolute Gasteiger partial charge is 0.488 e. The molecule has 0 aliphatic rings. The predicted molar refractivity (Wildman–Crippen MR) is 81.0 cm³/mol. The van der Waals surface area contributed by atoms with Crippen LogP contribution in [0, 0.1) is 0 Å². The summed E-state index contributed by atoms with van der Waals surface area (Å²) in [6.45, 7) is 2.63. The molecule has 0 saturated heterocycles. The van der Waals surface area contributed by atoms with E-state index < -0.39 is 7.12 Å². The van der Waals surface area contributed by atoms with Gasteiger partial charge in [-0.05, 0) is 35.1 Å². The van der Waals surface area contributed by atoms with E-state index in [-0.39, 0.29) is 0 Å². The van der Waals surface area contributed by atoms with Crippen LogP contribution in [-0.2, 0) is 13.0 Å². The summed E-state index contributed by atoms with van der Waals surface area (Å²) in [6.07, 6.45) is 2.23. The van der Waals surface area contributed by atoms with Gasteiger partial charge in [-0.1, -0.05) is 49.7 Å². The molecule has 0 atom stereocenters. The molecule has 0 aliphatic carbocycles. The Morgan fingerprint density at radius 2 is 1.50 bits per heavy atom. The van der Waals surface area contributed by atoms with Crippen molar-refractivity contribution in [3.63, 3.8) is 0 Å². The fourth-order valence-corrected chi connectivity index (χ4v) is 1.99. The van der Waals surface area contributed by atoms with Crippen LogP contribution >= 0.6 is 0 Å². The quantitative estimate of drug-likeness (QED) is 0.788. The molecule has 2 rings (SSSR count). The number of ether oxygens (including phenoxy) is 1. The van der Waals surface area contributed by atoms with Crippen LogP contribution in [0.15, 0.2) is 48.5 Å². The molecular formula is C16H19BO3. The van der Waals surface area contributed by atoms with Crippen LogP contribution < -0.4 is 10.2 Å². The van der Waals surface area contributed by atoms with Gasteiger partial charge in [0.1, 0.15) is 12.4 Å². The molecule has 0 amide bonds. The highest BCUT2D eigenvalue weighted by molar-refractivity contribution is 6.58. The van der Waals surface area contributed by atoms with Gasteiger partial charge >= 0.3 is 7.12 Å². The molecule has 0 unspecified atom stereocenters. The van der Waals surface area contributed by atoms with Crippen molar-refractivity contribution in [3.8, 4) is 5.75 Å². The normalized spacial score (nSPS) is 10.3. The van der Waals surface area contributed by atoms with Gasteiger partial charge in [0.05, 0.1) is 0 Å². The maximum absolute atomic E-state index is 9.02. The van der Waals surface area contributed by atoms with Crippen LogP contribution in [0.1, 0.15) is 24.5 Å². The van der Waals surface area contributed by atoms with Gasteiger partial charge in [0.25, 0.3) is 0 Å². The number of benzene rings is 2. The van der Waals surface area contributed by atoms with E-state index in [2.05, 4.69) is 19.1 Å². The van der Waals surface area contributed by atoms with E-state index in [9.17, 15) is 0 Å². The number of hydrogen-bond donors (Lipinski definition) is 2. The Balaban J connectivity index is 1.91. The lowest BCUT2D eigenvalue weighted by atomic mass is 9.80. The highest BCUT2D eigenvalue weighted by Gasteiger charge is 2.09. The molecule has 0 saturated carbocycles. The Kier molecular flexibility index (Phi) is 5.21. The third-order valence-corrected chi connectivity index (χ3v) is 3.15. The van der Waals surface area contributed by atoms with E-state index in [1.165, 1.54) is 5.56 Å². The highest BCUT2D eigenvalue weighted by atomic mass is 16.5. The first kappa shape index (κ1) is 14.6. The second kappa shape index (κ2) is 7.13. The minimum Gasteiger partial charge on any atom is -0.489 e. The summed E-state index contributed by atoms with van der Waals surface area (Å²) in [5.41, 5.74) is 2.80. The first-order valence-electron chi connectivity index (χ1n) is 6.85. The molecule has 0 aromatic heterocycles. The van der Waals surface area contributed by atoms with Gasteiger partial charge in [-0.2, -0.15) is 0 Å². The molecule has 4 heteroatoms. The van der Waals surface area contributed by atoms with Crippen LogP contribution in [0.25, 0.3) is 0 Å². The fourth-order valence-electron chi connectivity index (χ4n) is 1.99. The first-order chi connectivity index (χ1) is 9.69. The lowest BCUT2D eigenvalue weighted by molar-refractivity contribution is 0.306. The van der Waals surface area contributed by atoms with Crippen molar-refractivity contribution < 1.29 is 14.8 Å². The van der Waals surface area contributed by atoms with Crippen molar-refractivity contribution >= 4 is 12.6 Å². The molecular weight excluding hydrogens is 251 g/mol. The molecule has 0 fully saturated rings. The Hall–Kier alpha value is -1.78. The number of rotatable bonds is 6.